The molecule has 424 valence electrons. The second-order valence-corrected chi connectivity index (χ2v) is 19.9. The number of alkyl carbamates (subject to hydrolysis) is 1. The Hall–Kier alpha value is -9.57. The highest BCUT2D eigenvalue weighted by atomic mass is 16.6. The van der Waals surface area contributed by atoms with E-state index in [1.165, 1.54) is 7.05 Å². The lowest BCUT2D eigenvalue weighted by atomic mass is 10.1. The van der Waals surface area contributed by atoms with Gasteiger partial charge < -0.3 is 53.6 Å². The number of nitrogens with zero attached hydrogens (tertiary/aromatic N) is 8. The van der Waals surface area contributed by atoms with E-state index in [1.807, 2.05) is 84.7 Å². The Morgan fingerprint density at radius 2 is 0.889 bits per heavy atom. The van der Waals surface area contributed by atoms with Crippen LogP contribution < -0.4 is 50.0 Å². The Bertz CT molecular complexity index is 3400. The molecule has 0 saturated carbocycles. The number of anilines is 6. The van der Waals surface area contributed by atoms with Gasteiger partial charge in [-0.25, -0.2) is 34.3 Å². The molecule has 4 aromatic carbocycles. The minimum absolute atomic E-state index is 0.123. The molecule has 0 aliphatic heterocycles. The molecule has 4 aromatic heterocycles. The predicted molar refractivity (Wildman–Crippen MR) is 313 cm³/mol. The van der Waals surface area contributed by atoms with E-state index in [1.54, 1.807) is 119 Å². The Morgan fingerprint density at radius 1 is 0.469 bits per heavy atom. The Balaban J connectivity index is 0.000000234. The molecule has 3 amide bonds. The molecule has 0 atom stereocenters. The lowest BCUT2D eigenvalue weighted by Crippen LogP contribution is -2.27. The van der Waals surface area contributed by atoms with Gasteiger partial charge in [-0.05, 0) is 109 Å². The standard InChI is InChI=1S/C30H34N6O6.C29H34N6O4/c1-30(2,3)42-29(38)35-27-10-7-19(17-33-27)26-18-32-24-9-8-20(15-25(24)34-26)36(11-12-41-28(37)31-4)21-13-22(39-5)16-23(14-21)40-6;1-29(2,3)39-28(36)34-27-10-7-19(17-32-27)26-18-31-24-9-8-20(15-25(24)33-26)35(12-11-30-4)21-13-22(37-5)16-23(14-21)38-6/h7-10,13-18H,11-12H2,1-6H3,(H,31,37)(H,33,35,38);7-10,13-18,30H,11-12H2,1-6H3,(H,32,34,36). The van der Waals surface area contributed by atoms with Crippen molar-refractivity contribution in [3.63, 3.8) is 0 Å². The summed E-state index contributed by atoms with van der Waals surface area (Å²) in [5, 5.41) is 10.9. The minimum Gasteiger partial charge on any atom is -0.497 e. The summed E-state index contributed by atoms with van der Waals surface area (Å²) < 4.78 is 37.8. The molecule has 81 heavy (non-hydrogen) atoms. The molecule has 0 aliphatic rings. The maximum atomic E-state index is 12.1. The average molecular weight is 1110 g/mol. The lowest BCUT2D eigenvalue weighted by Gasteiger charge is -2.26. The van der Waals surface area contributed by atoms with Crippen molar-refractivity contribution in [2.24, 2.45) is 0 Å². The van der Waals surface area contributed by atoms with Crippen LogP contribution in [0.5, 0.6) is 23.0 Å². The molecule has 8 rings (SSSR count). The largest absolute Gasteiger partial charge is 0.497 e. The zero-order chi connectivity index (χ0) is 58.3. The SMILES string of the molecule is CNC(=O)OCCN(c1cc(OC)cc(OC)c1)c1ccc2ncc(-c3ccc(NC(=O)OC(C)(C)C)nc3)nc2c1.CNCCN(c1cc(OC)cc(OC)c1)c1ccc2ncc(-c3ccc(NC(=O)OC(C)(C)C)nc3)nc2c1. The van der Waals surface area contributed by atoms with Crippen LogP contribution in [0.25, 0.3) is 44.6 Å². The van der Waals surface area contributed by atoms with Gasteiger partial charge in [0.05, 0.1) is 80.8 Å². The van der Waals surface area contributed by atoms with Gasteiger partial charge in [-0.3, -0.25) is 20.6 Å². The van der Waals surface area contributed by atoms with Gasteiger partial charge >= 0.3 is 18.3 Å². The number of methoxy groups -OCH3 is 4. The van der Waals surface area contributed by atoms with Crippen LogP contribution in [0.3, 0.4) is 0 Å². The number of benzene rings is 4. The molecule has 0 bridgehead atoms. The monoisotopic (exact) mass is 1100 g/mol. The number of amides is 3. The molecule has 8 aromatic rings. The zero-order valence-corrected chi connectivity index (χ0v) is 47.5. The third-order valence-electron chi connectivity index (χ3n) is 11.7. The first-order valence-electron chi connectivity index (χ1n) is 25.7. The van der Waals surface area contributed by atoms with E-state index in [9.17, 15) is 14.4 Å². The zero-order valence-electron chi connectivity index (χ0n) is 47.5. The summed E-state index contributed by atoms with van der Waals surface area (Å²) in [5.74, 6) is 3.38. The highest BCUT2D eigenvalue weighted by Gasteiger charge is 2.20. The molecule has 0 unspecified atom stereocenters. The van der Waals surface area contributed by atoms with Crippen molar-refractivity contribution in [2.75, 3.05) is 89.2 Å². The van der Waals surface area contributed by atoms with E-state index in [2.05, 4.69) is 46.1 Å². The number of ether oxygens (including phenoxy) is 7. The summed E-state index contributed by atoms with van der Waals surface area (Å²) in [5.41, 5.74) is 7.86. The second-order valence-electron chi connectivity index (χ2n) is 19.9. The highest BCUT2D eigenvalue weighted by molar-refractivity contribution is 5.87. The number of nitrogens with one attached hydrogen (secondary N) is 4. The molecule has 4 heterocycles. The van der Waals surface area contributed by atoms with Gasteiger partial charge in [-0.15, -0.1) is 0 Å². The Labute approximate surface area is 470 Å². The van der Waals surface area contributed by atoms with E-state index >= 15 is 0 Å². The molecule has 4 N–H and O–H groups in total. The number of pyridine rings is 2. The van der Waals surface area contributed by atoms with Crippen LogP contribution in [0.15, 0.2) is 122 Å². The molecular formula is C59H68N12O10. The smallest absolute Gasteiger partial charge is 0.413 e. The maximum absolute atomic E-state index is 12.1. The number of hydrogen-bond donors (Lipinski definition) is 4. The van der Waals surface area contributed by atoms with Crippen molar-refractivity contribution in [1.82, 2.24) is 40.5 Å². The second kappa shape index (κ2) is 26.9. The summed E-state index contributed by atoms with van der Waals surface area (Å²) in [7, 11) is 9.87. The number of aromatic nitrogens is 6. The molecule has 0 aliphatic carbocycles. The summed E-state index contributed by atoms with van der Waals surface area (Å²) in [4.78, 5) is 67.5. The fourth-order valence-corrected chi connectivity index (χ4v) is 7.91. The third-order valence-corrected chi connectivity index (χ3v) is 11.7. The Kier molecular flexibility index (Phi) is 19.6. The van der Waals surface area contributed by atoms with Gasteiger partial charge in [-0.2, -0.15) is 0 Å². The number of hydrogen-bond acceptors (Lipinski definition) is 19. The van der Waals surface area contributed by atoms with Gasteiger partial charge in [-0.1, -0.05) is 0 Å². The van der Waals surface area contributed by atoms with Crippen molar-refractivity contribution in [3.05, 3.63) is 122 Å². The number of fused-ring (bicyclic) bond motifs is 2. The van der Waals surface area contributed by atoms with Crippen molar-refractivity contribution in [2.45, 2.75) is 52.7 Å². The van der Waals surface area contributed by atoms with Crippen LogP contribution in [0.1, 0.15) is 41.5 Å². The fourth-order valence-electron chi connectivity index (χ4n) is 7.91. The molecular weight excluding hydrogens is 1040 g/mol. The normalized spacial score (nSPS) is 11.1. The molecule has 0 radical (unpaired) electrons. The first-order chi connectivity index (χ1) is 38.8. The molecule has 0 spiro atoms. The van der Waals surface area contributed by atoms with E-state index in [0.717, 1.165) is 51.5 Å². The highest BCUT2D eigenvalue weighted by Crippen LogP contribution is 2.36. The van der Waals surface area contributed by atoms with Crippen molar-refractivity contribution in [1.29, 1.82) is 0 Å². The van der Waals surface area contributed by atoms with Crippen molar-refractivity contribution >= 4 is 74.7 Å². The number of carbonyl (C=O) groups excluding carboxylic acids is 3. The number of carbonyl (C=O) groups is 3. The molecule has 22 heteroatoms. The van der Waals surface area contributed by atoms with Crippen molar-refractivity contribution < 1.29 is 47.5 Å². The first kappa shape index (κ1) is 59.1. The third kappa shape index (κ3) is 16.7. The quantitative estimate of drug-likeness (QED) is 0.0583. The predicted octanol–water partition coefficient (Wildman–Crippen LogP) is 11.0. The van der Waals surface area contributed by atoms with E-state index in [-0.39, 0.29) is 6.61 Å². The molecule has 22 nitrogen and oxygen atoms in total. The molecule has 0 fully saturated rings. The summed E-state index contributed by atoms with van der Waals surface area (Å²) >= 11 is 0. The molecule has 0 saturated heterocycles. The topological polar surface area (TPSA) is 248 Å². The van der Waals surface area contributed by atoms with Gasteiger partial charge in [0.2, 0.25) is 0 Å². The minimum atomic E-state index is -0.616. The van der Waals surface area contributed by atoms with E-state index in [0.29, 0.717) is 70.1 Å². The first-order valence-corrected chi connectivity index (χ1v) is 25.7. The van der Waals surface area contributed by atoms with Gasteiger partial charge in [0.1, 0.15) is 52.4 Å². The van der Waals surface area contributed by atoms with Crippen LogP contribution in [0, 0.1) is 0 Å². The van der Waals surface area contributed by atoms with Gasteiger partial charge in [0, 0.05) is 103 Å². The van der Waals surface area contributed by atoms with E-state index in [4.69, 9.17) is 43.1 Å². The number of rotatable bonds is 18. The van der Waals surface area contributed by atoms with Crippen LogP contribution in [-0.4, -0.2) is 128 Å². The average Bonchev–Trinajstić information content (AvgIpc) is 3.46. The van der Waals surface area contributed by atoms with Crippen LogP contribution in [0.4, 0.5) is 48.8 Å². The summed E-state index contributed by atoms with van der Waals surface area (Å²) in [6.07, 6.45) is 4.98. The number of likely N-dealkylation sites (N-methyl/N-ethyl adjacent to an activating group) is 1. The van der Waals surface area contributed by atoms with Gasteiger partial charge in [0.25, 0.3) is 0 Å². The lowest BCUT2D eigenvalue weighted by molar-refractivity contribution is 0.0624. The summed E-state index contributed by atoms with van der Waals surface area (Å²) in [6.45, 7) is 12.7. The van der Waals surface area contributed by atoms with Crippen molar-refractivity contribution in [3.8, 4) is 45.5 Å². The van der Waals surface area contributed by atoms with Crippen LogP contribution >= 0.6 is 0 Å². The fraction of sp³-hybridized carbons (Fsp3) is 0.305. The van der Waals surface area contributed by atoms with Gasteiger partial charge in [0.15, 0.2) is 0 Å². The Morgan fingerprint density at radius 3 is 1.25 bits per heavy atom. The summed E-state index contributed by atoms with van der Waals surface area (Å²) in [6, 6.07) is 30.0. The van der Waals surface area contributed by atoms with E-state index < -0.39 is 29.5 Å². The van der Waals surface area contributed by atoms with Crippen LogP contribution in [-0.2, 0) is 14.2 Å². The maximum Gasteiger partial charge on any atom is 0.413 e. The van der Waals surface area contributed by atoms with Crippen LogP contribution in [0.2, 0.25) is 0 Å².